The number of benzene rings is 1. The first kappa shape index (κ1) is 15.8. The third-order valence-corrected chi connectivity index (χ3v) is 3.95. The van der Waals surface area contributed by atoms with E-state index in [1.54, 1.807) is 0 Å². The zero-order chi connectivity index (χ0) is 15.7. The highest BCUT2D eigenvalue weighted by Crippen LogP contribution is 2.30. The quantitative estimate of drug-likeness (QED) is 0.619. The lowest BCUT2D eigenvalue weighted by Gasteiger charge is -2.12. The second-order valence-corrected chi connectivity index (χ2v) is 5.64. The number of nitro groups is 1. The maximum absolute atomic E-state index is 13.5. The van der Waals surface area contributed by atoms with Crippen LogP contribution >= 0.6 is 0 Å². The molecule has 0 aromatic heterocycles. The smallest absolute Gasteiger partial charge is 0.323 e. The highest BCUT2D eigenvalue weighted by molar-refractivity contribution is 7.94. The van der Waals surface area contributed by atoms with E-state index in [2.05, 4.69) is 0 Å². The molecule has 1 unspecified atom stereocenters. The fraction of sp³-hybridized carbons (Fsp3) is 0.222. The molecular formula is C9H8F2N2O6S. The van der Waals surface area contributed by atoms with Gasteiger partial charge < -0.3 is 5.11 Å². The molecule has 1 aromatic carbocycles. The number of nitrogens with one attached hydrogen (secondary N) is 1. The fourth-order valence-electron chi connectivity index (χ4n) is 1.15. The maximum Gasteiger partial charge on any atom is 0.323 e. The lowest BCUT2D eigenvalue weighted by molar-refractivity contribution is -0.384. The number of rotatable bonds is 5. The van der Waals surface area contributed by atoms with E-state index in [0.29, 0.717) is 12.1 Å². The van der Waals surface area contributed by atoms with Gasteiger partial charge >= 0.3 is 5.97 Å². The number of nitro benzene ring substituents is 1. The van der Waals surface area contributed by atoms with Crippen LogP contribution in [0.15, 0.2) is 12.1 Å². The summed E-state index contributed by atoms with van der Waals surface area (Å²) in [5.74, 6) is -5.06. The summed E-state index contributed by atoms with van der Waals surface area (Å²) in [5, 5.41) is 17.2. The molecule has 110 valence electrons. The number of sulfonamides is 1. The van der Waals surface area contributed by atoms with Crippen LogP contribution in [0.2, 0.25) is 0 Å². The van der Waals surface area contributed by atoms with E-state index in [4.69, 9.17) is 5.11 Å². The van der Waals surface area contributed by atoms with Gasteiger partial charge in [0.25, 0.3) is 5.69 Å². The average Bonchev–Trinajstić information content (AvgIpc) is 2.33. The molecule has 2 N–H and O–H groups in total. The molecule has 1 rings (SSSR count). The summed E-state index contributed by atoms with van der Waals surface area (Å²) in [6, 6.07) is 1.01. The van der Waals surface area contributed by atoms with Gasteiger partial charge in [0.05, 0.1) is 4.92 Å². The summed E-state index contributed by atoms with van der Waals surface area (Å²) >= 11 is 0. The molecule has 1 atom stereocenters. The van der Waals surface area contributed by atoms with E-state index < -0.39 is 49.2 Å². The zero-order valence-electron chi connectivity index (χ0n) is 9.83. The van der Waals surface area contributed by atoms with Crippen LogP contribution in [0.1, 0.15) is 6.92 Å². The summed E-state index contributed by atoms with van der Waals surface area (Å²) in [7, 11) is -4.67. The Hall–Kier alpha value is -2.30. The lowest BCUT2D eigenvalue weighted by atomic mass is 10.2. The first-order valence-electron chi connectivity index (χ1n) is 4.94. The topological polar surface area (TPSA) is 127 Å². The van der Waals surface area contributed by atoms with Gasteiger partial charge in [0.15, 0.2) is 22.6 Å². The second-order valence-electron chi connectivity index (χ2n) is 3.64. The van der Waals surface area contributed by atoms with Crippen LogP contribution in [-0.4, -0.2) is 29.7 Å². The van der Waals surface area contributed by atoms with Crippen molar-refractivity contribution in [2.45, 2.75) is 12.2 Å². The maximum atomic E-state index is 13.5. The van der Waals surface area contributed by atoms with Crippen LogP contribution in [0.3, 0.4) is 0 Å². The molecule has 0 aliphatic carbocycles. The third kappa shape index (κ3) is 2.99. The molecule has 0 aliphatic heterocycles. The molecule has 0 spiro atoms. The molecule has 0 aliphatic rings. The Labute approximate surface area is 111 Å². The molecule has 11 heteroatoms. The minimum Gasteiger partial charge on any atom is -0.480 e. The summed E-state index contributed by atoms with van der Waals surface area (Å²) in [6.07, 6.45) is 0. The van der Waals surface area contributed by atoms with E-state index in [-0.39, 0.29) is 0 Å². The number of nitrogens with zero attached hydrogens (tertiary/aromatic N) is 1. The van der Waals surface area contributed by atoms with Crippen LogP contribution in [0, 0.1) is 21.7 Å². The molecule has 20 heavy (non-hydrogen) atoms. The summed E-state index contributed by atoms with van der Waals surface area (Å²) in [5.41, 5.74) is -2.28. The van der Waals surface area contributed by atoms with Gasteiger partial charge in [-0.15, -0.1) is 0 Å². The molecule has 0 radical (unpaired) electrons. The molecule has 1 aromatic rings. The van der Waals surface area contributed by atoms with Crippen molar-refractivity contribution in [3.8, 4) is 0 Å². The van der Waals surface area contributed by atoms with Crippen molar-refractivity contribution in [3.05, 3.63) is 33.9 Å². The molecule has 0 heterocycles. The highest BCUT2D eigenvalue weighted by Gasteiger charge is 2.32. The van der Waals surface area contributed by atoms with Crippen molar-refractivity contribution in [2.24, 2.45) is 0 Å². The first-order valence-corrected chi connectivity index (χ1v) is 6.49. The Bertz CT molecular complexity index is 675. The third-order valence-electron chi connectivity index (χ3n) is 2.33. The normalized spacial score (nSPS) is 12.8. The van der Waals surface area contributed by atoms with E-state index >= 15 is 0 Å². The van der Waals surface area contributed by atoms with Crippen molar-refractivity contribution in [3.63, 3.8) is 0 Å². The summed E-state index contributed by atoms with van der Waals surface area (Å²) in [6.45, 7) is 0.772. The zero-order valence-corrected chi connectivity index (χ0v) is 10.6. The van der Waals surface area contributed by atoms with Crippen molar-refractivity contribution < 1.29 is 32.0 Å². The number of anilines is 1. The standard InChI is InChI=1S/C9H8F2N2O6S/c1-4(9(14)15)20(18,19)12-8-6(13(16)17)3-2-5(10)7(8)11/h2-4,12H,1H3,(H,14,15). The molecule has 0 saturated carbocycles. The number of carboxylic acids is 1. The lowest BCUT2D eigenvalue weighted by Crippen LogP contribution is -2.32. The van der Waals surface area contributed by atoms with Crippen LogP contribution in [0.5, 0.6) is 0 Å². The van der Waals surface area contributed by atoms with Crippen molar-refractivity contribution in [2.75, 3.05) is 4.72 Å². The van der Waals surface area contributed by atoms with Gasteiger partial charge in [-0.1, -0.05) is 0 Å². The molecule has 0 fully saturated rings. The van der Waals surface area contributed by atoms with E-state index in [0.717, 1.165) is 6.92 Å². The summed E-state index contributed by atoms with van der Waals surface area (Å²) < 4.78 is 51.0. The molecule has 0 saturated heterocycles. The molecule has 0 bridgehead atoms. The first-order chi connectivity index (χ1) is 9.08. The van der Waals surface area contributed by atoms with Gasteiger partial charge in [0.2, 0.25) is 10.0 Å². The minimum atomic E-state index is -4.67. The number of halogens is 2. The number of hydrogen-bond donors (Lipinski definition) is 2. The molecule has 8 nitrogen and oxygen atoms in total. The van der Waals surface area contributed by atoms with Crippen molar-refractivity contribution in [1.29, 1.82) is 0 Å². The second kappa shape index (κ2) is 5.36. The molecule has 0 amide bonds. The monoisotopic (exact) mass is 310 g/mol. The Balaban J connectivity index is 3.38. The van der Waals surface area contributed by atoms with Crippen molar-refractivity contribution >= 4 is 27.4 Å². The molecular weight excluding hydrogens is 302 g/mol. The van der Waals surface area contributed by atoms with Gasteiger partial charge in [-0.25, -0.2) is 17.2 Å². The van der Waals surface area contributed by atoms with Gasteiger partial charge in [0.1, 0.15) is 0 Å². The number of carboxylic acid groups (broad SMARTS) is 1. The van der Waals surface area contributed by atoms with Gasteiger partial charge in [-0.05, 0) is 13.0 Å². The van der Waals surface area contributed by atoms with E-state index in [9.17, 15) is 32.1 Å². The Morgan fingerprint density at radius 2 is 2.00 bits per heavy atom. The average molecular weight is 310 g/mol. The number of hydrogen-bond acceptors (Lipinski definition) is 5. The van der Waals surface area contributed by atoms with Gasteiger partial charge in [-0.2, -0.15) is 0 Å². The SMILES string of the molecule is CC(C(=O)O)S(=O)(=O)Nc1c([N+](=O)[O-])ccc(F)c1F. The Morgan fingerprint density at radius 1 is 1.45 bits per heavy atom. The van der Waals surface area contributed by atoms with Crippen LogP contribution in [-0.2, 0) is 14.8 Å². The minimum absolute atomic E-state index is 0.450. The van der Waals surface area contributed by atoms with Crippen LogP contribution in [0.4, 0.5) is 20.2 Å². The number of aliphatic carboxylic acids is 1. The van der Waals surface area contributed by atoms with Crippen LogP contribution in [0.25, 0.3) is 0 Å². The predicted molar refractivity (Wildman–Crippen MR) is 62.7 cm³/mol. The Morgan fingerprint density at radius 3 is 2.45 bits per heavy atom. The van der Waals surface area contributed by atoms with Crippen molar-refractivity contribution in [1.82, 2.24) is 0 Å². The van der Waals surface area contributed by atoms with Crippen LogP contribution < -0.4 is 4.72 Å². The predicted octanol–water partition coefficient (Wildman–Crippen LogP) is 1.09. The van der Waals surface area contributed by atoms with E-state index in [1.165, 1.54) is 4.72 Å². The van der Waals surface area contributed by atoms with Gasteiger partial charge in [-0.3, -0.25) is 19.6 Å². The highest BCUT2D eigenvalue weighted by atomic mass is 32.2. The largest absolute Gasteiger partial charge is 0.480 e. The van der Waals surface area contributed by atoms with Gasteiger partial charge in [0, 0.05) is 6.07 Å². The Kier molecular flexibility index (Phi) is 4.23. The fourth-order valence-corrected chi connectivity index (χ4v) is 2.07. The van der Waals surface area contributed by atoms with E-state index in [1.807, 2.05) is 0 Å². The number of carbonyl (C=O) groups is 1. The summed E-state index contributed by atoms with van der Waals surface area (Å²) in [4.78, 5) is 20.1.